The minimum Gasteiger partial charge on any atom is -0.493 e. The van der Waals surface area contributed by atoms with E-state index in [0.29, 0.717) is 50.1 Å². The van der Waals surface area contributed by atoms with Crippen LogP contribution in [0.25, 0.3) is 0 Å². The lowest BCUT2D eigenvalue weighted by Crippen LogP contribution is -2.17. The summed E-state index contributed by atoms with van der Waals surface area (Å²) in [5, 5.41) is 5.24. The van der Waals surface area contributed by atoms with Crippen LogP contribution in [-0.4, -0.2) is 25.8 Å². The van der Waals surface area contributed by atoms with Gasteiger partial charge in [-0.2, -0.15) is 5.10 Å². The largest absolute Gasteiger partial charge is 0.493 e. The normalized spacial score (nSPS) is 10.9. The van der Waals surface area contributed by atoms with Crippen LogP contribution in [0.5, 0.6) is 17.2 Å². The summed E-state index contributed by atoms with van der Waals surface area (Å²) in [6, 6.07) is 15.5. The Morgan fingerprint density at radius 3 is 2.44 bits per heavy atom. The molecule has 0 aromatic heterocycles. The zero-order valence-electron chi connectivity index (χ0n) is 18.6. The van der Waals surface area contributed by atoms with Gasteiger partial charge in [0, 0.05) is 10.6 Å². The third-order valence-corrected chi connectivity index (χ3v) is 5.36. The summed E-state index contributed by atoms with van der Waals surface area (Å²) in [4.78, 5) is 12.5. The molecule has 3 rings (SSSR count). The average molecular weight is 522 g/mol. The first-order valence-electron chi connectivity index (χ1n) is 10.4. The molecule has 6 nitrogen and oxygen atoms in total. The van der Waals surface area contributed by atoms with Crippen molar-refractivity contribution in [3.05, 3.63) is 86.4 Å². The Balaban J connectivity index is 1.63. The van der Waals surface area contributed by atoms with Crippen molar-refractivity contribution in [3.8, 4) is 17.2 Å². The Morgan fingerprint density at radius 2 is 1.76 bits per heavy atom. The predicted octanol–water partition coefficient (Wildman–Crippen LogP) is 6.79. The molecule has 0 unspecified atom stereocenters. The van der Waals surface area contributed by atoms with Gasteiger partial charge in [0.15, 0.2) is 17.2 Å². The molecular formula is C25H23Cl3N2O4. The van der Waals surface area contributed by atoms with E-state index in [2.05, 4.69) is 10.5 Å². The number of methoxy groups -OCH3 is 1. The summed E-state index contributed by atoms with van der Waals surface area (Å²) in [5.41, 5.74) is 4.32. The van der Waals surface area contributed by atoms with Gasteiger partial charge in [-0.25, -0.2) is 5.43 Å². The maximum atomic E-state index is 12.5. The summed E-state index contributed by atoms with van der Waals surface area (Å²) in [7, 11) is 1.52. The molecule has 1 amide bonds. The number of ether oxygens (including phenoxy) is 3. The number of rotatable bonds is 10. The lowest BCUT2D eigenvalue weighted by Gasteiger charge is -2.11. The third kappa shape index (κ3) is 7.03. The van der Waals surface area contributed by atoms with E-state index in [1.807, 2.05) is 19.1 Å². The van der Waals surface area contributed by atoms with E-state index in [1.165, 1.54) is 13.3 Å². The standard InChI is InChI=1S/C25H23Cl3N2O4/c1-3-9-33-22-8-7-18(13-23(22)32-2)25(31)30-29-14-17-11-20(27)24(21(28)12-17)34-15-16-5-4-6-19(26)10-16/h4-8,10-14H,3,9,15H2,1-2H3,(H,30,31)/b29-14+. The molecule has 0 aliphatic rings. The van der Waals surface area contributed by atoms with Crippen LogP contribution in [0, 0.1) is 0 Å². The summed E-state index contributed by atoms with van der Waals surface area (Å²) in [6.07, 6.45) is 2.30. The molecular weight excluding hydrogens is 499 g/mol. The summed E-state index contributed by atoms with van der Waals surface area (Å²) in [6.45, 7) is 2.82. The van der Waals surface area contributed by atoms with Crippen molar-refractivity contribution in [1.82, 2.24) is 5.43 Å². The molecule has 0 saturated heterocycles. The molecule has 3 aromatic rings. The van der Waals surface area contributed by atoms with Crippen molar-refractivity contribution in [2.75, 3.05) is 13.7 Å². The molecule has 34 heavy (non-hydrogen) atoms. The molecule has 178 valence electrons. The Bertz CT molecular complexity index is 1160. The smallest absolute Gasteiger partial charge is 0.271 e. The number of benzene rings is 3. The Morgan fingerprint density at radius 1 is 1.00 bits per heavy atom. The molecule has 0 saturated carbocycles. The fourth-order valence-corrected chi connectivity index (χ4v) is 3.77. The first kappa shape index (κ1) is 25.7. The van der Waals surface area contributed by atoms with Gasteiger partial charge in [-0.3, -0.25) is 4.79 Å². The van der Waals surface area contributed by atoms with Gasteiger partial charge in [-0.05, 0) is 60.0 Å². The highest BCUT2D eigenvalue weighted by atomic mass is 35.5. The van der Waals surface area contributed by atoms with E-state index in [1.54, 1.807) is 42.5 Å². The second kappa shape index (κ2) is 12.5. The summed E-state index contributed by atoms with van der Waals surface area (Å²) >= 11 is 18.7. The highest BCUT2D eigenvalue weighted by Crippen LogP contribution is 2.34. The van der Waals surface area contributed by atoms with Crippen LogP contribution >= 0.6 is 34.8 Å². The molecule has 3 aromatic carbocycles. The predicted molar refractivity (Wildman–Crippen MR) is 136 cm³/mol. The highest BCUT2D eigenvalue weighted by molar-refractivity contribution is 6.37. The van der Waals surface area contributed by atoms with Gasteiger partial charge >= 0.3 is 0 Å². The number of nitrogens with zero attached hydrogens (tertiary/aromatic N) is 1. The van der Waals surface area contributed by atoms with Gasteiger partial charge in [0.05, 0.1) is 30.0 Å². The number of hydrazone groups is 1. The van der Waals surface area contributed by atoms with Gasteiger partial charge in [-0.15, -0.1) is 0 Å². The topological polar surface area (TPSA) is 69.2 Å². The molecule has 9 heteroatoms. The third-order valence-electron chi connectivity index (χ3n) is 4.56. The molecule has 0 fully saturated rings. The van der Waals surface area contributed by atoms with E-state index in [4.69, 9.17) is 49.0 Å². The van der Waals surface area contributed by atoms with Gasteiger partial charge in [0.25, 0.3) is 5.91 Å². The molecule has 0 aliphatic heterocycles. The fraction of sp³-hybridized carbons (Fsp3) is 0.200. The molecule has 0 aliphatic carbocycles. The minimum atomic E-state index is -0.407. The molecule has 0 heterocycles. The zero-order valence-corrected chi connectivity index (χ0v) is 20.9. The minimum absolute atomic E-state index is 0.259. The van der Waals surface area contributed by atoms with E-state index >= 15 is 0 Å². The van der Waals surface area contributed by atoms with E-state index in [9.17, 15) is 4.79 Å². The van der Waals surface area contributed by atoms with Crippen molar-refractivity contribution < 1.29 is 19.0 Å². The number of carbonyl (C=O) groups is 1. The number of nitrogens with one attached hydrogen (secondary N) is 1. The summed E-state index contributed by atoms with van der Waals surface area (Å²) in [5.74, 6) is 0.987. The number of hydrogen-bond donors (Lipinski definition) is 1. The van der Waals surface area contributed by atoms with Crippen LogP contribution in [0.4, 0.5) is 0 Å². The van der Waals surface area contributed by atoms with Crippen LogP contribution in [0.1, 0.15) is 34.8 Å². The van der Waals surface area contributed by atoms with Crippen LogP contribution in [0.2, 0.25) is 15.1 Å². The van der Waals surface area contributed by atoms with Crippen LogP contribution in [0.15, 0.2) is 59.7 Å². The van der Waals surface area contributed by atoms with Crippen molar-refractivity contribution in [1.29, 1.82) is 0 Å². The van der Waals surface area contributed by atoms with Crippen molar-refractivity contribution in [3.63, 3.8) is 0 Å². The fourth-order valence-electron chi connectivity index (χ4n) is 2.94. The van der Waals surface area contributed by atoms with Gasteiger partial charge in [-0.1, -0.05) is 53.9 Å². The number of hydrogen-bond acceptors (Lipinski definition) is 5. The van der Waals surface area contributed by atoms with Crippen LogP contribution in [0.3, 0.4) is 0 Å². The van der Waals surface area contributed by atoms with Crippen molar-refractivity contribution >= 4 is 46.9 Å². The maximum Gasteiger partial charge on any atom is 0.271 e. The monoisotopic (exact) mass is 520 g/mol. The maximum absolute atomic E-state index is 12.5. The van der Waals surface area contributed by atoms with Crippen LogP contribution in [-0.2, 0) is 6.61 Å². The Kier molecular flexibility index (Phi) is 9.45. The Hall–Kier alpha value is -2.93. The van der Waals surface area contributed by atoms with E-state index in [-0.39, 0.29) is 6.61 Å². The number of amides is 1. The second-order valence-electron chi connectivity index (χ2n) is 7.15. The van der Waals surface area contributed by atoms with Gasteiger partial charge in [0.1, 0.15) is 6.61 Å². The Labute approximate surface area is 213 Å². The molecule has 1 N–H and O–H groups in total. The van der Waals surface area contributed by atoms with Gasteiger partial charge in [0.2, 0.25) is 0 Å². The first-order valence-corrected chi connectivity index (χ1v) is 11.5. The SMILES string of the molecule is CCCOc1ccc(C(=O)N/N=C/c2cc(Cl)c(OCc3cccc(Cl)c3)c(Cl)c2)cc1OC. The quantitative estimate of drug-likeness (QED) is 0.236. The second-order valence-corrected chi connectivity index (χ2v) is 8.40. The first-order chi connectivity index (χ1) is 16.4. The van der Waals surface area contributed by atoms with Gasteiger partial charge < -0.3 is 14.2 Å². The average Bonchev–Trinajstić information content (AvgIpc) is 2.82. The molecule has 0 bridgehead atoms. The zero-order chi connectivity index (χ0) is 24.5. The lowest BCUT2D eigenvalue weighted by molar-refractivity contribution is 0.0954. The van der Waals surface area contributed by atoms with Crippen LogP contribution < -0.4 is 19.6 Å². The summed E-state index contributed by atoms with van der Waals surface area (Å²) < 4.78 is 16.7. The van der Waals surface area contributed by atoms with Crippen molar-refractivity contribution in [2.45, 2.75) is 20.0 Å². The lowest BCUT2D eigenvalue weighted by atomic mass is 10.2. The van der Waals surface area contributed by atoms with Crippen molar-refractivity contribution in [2.24, 2.45) is 5.10 Å². The highest BCUT2D eigenvalue weighted by Gasteiger charge is 2.12. The molecule has 0 atom stereocenters. The number of halogens is 3. The van der Waals surface area contributed by atoms with E-state index < -0.39 is 5.91 Å². The molecule has 0 radical (unpaired) electrons. The molecule has 0 spiro atoms. The number of carbonyl (C=O) groups excluding carboxylic acids is 1. The van der Waals surface area contributed by atoms with E-state index in [0.717, 1.165) is 12.0 Å².